The molecule has 1 fully saturated rings. The van der Waals surface area contributed by atoms with Gasteiger partial charge in [0.05, 0.1) is 5.92 Å². The fraction of sp³-hybridized carbons (Fsp3) is 0.417. The number of anilines is 1. The van der Waals surface area contributed by atoms with Crippen LogP contribution in [0.25, 0.3) is 0 Å². The van der Waals surface area contributed by atoms with Crippen molar-refractivity contribution in [2.45, 2.75) is 12.8 Å². The van der Waals surface area contributed by atoms with E-state index >= 15 is 0 Å². The number of rotatable bonds is 0. The molecule has 1 aromatic carbocycles. The molecule has 0 bridgehead atoms. The number of nitrogens with one attached hydrogen (secondary N) is 2. The Kier molecular flexibility index (Phi) is 1.83. The van der Waals surface area contributed by atoms with Crippen molar-refractivity contribution in [1.82, 2.24) is 5.32 Å². The lowest BCUT2D eigenvalue weighted by molar-refractivity contribution is -0.120. The number of hydrogen-bond acceptors (Lipinski definition) is 2. The van der Waals surface area contributed by atoms with Crippen molar-refractivity contribution >= 4 is 11.6 Å². The molecule has 3 rings (SSSR count). The maximum absolute atomic E-state index is 11.8. The van der Waals surface area contributed by atoms with Crippen molar-refractivity contribution in [3.05, 3.63) is 29.3 Å². The highest BCUT2D eigenvalue weighted by atomic mass is 16.2. The first-order valence-electron chi connectivity index (χ1n) is 5.38. The standard InChI is InChI=1S/C12H14N2O/c1-7-3-2-4-8-9-5-13-6-10(9)12(15)14-11(7)8/h2-4,9-10,13H,5-6H2,1H3,(H,14,15)/t9-,10-/m1/s1. The third kappa shape index (κ3) is 1.20. The van der Waals surface area contributed by atoms with Gasteiger partial charge in [-0.2, -0.15) is 0 Å². The summed E-state index contributed by atoms with van der Waals surface area (Å²) in [5.74, 6) is 0.666. The van der Waals surface area contributed by atoms with Crippen LogP contribution in [0, 0.1) is 12.8 Å². The van der Waals surface area contributed by atoms with Gasteiger partial charge in [-0.15, -0.1) is 0 Å². The molecule has 0 aromatic heterocycles. The number of fused-ring (bicyclic) bond motifs is 3. The third-order valence-electron chi connectivity index (χ3n) is 3.50. The molecule has 78 valence electrons. The van der Waals surface area contributed by atoms with Crippen LogP contribution in [0.1, 0.15) is 17.0 Å². The largest absolute Gasteiger partial charge is 0.325 e. The van der Waals surface area contributed by atoms with Gasteiger partial charge >= 0.3 is 0 Å². The lowest BCUT2D eigenvalue weighted by Crippen LogP contribution is -2.33. The Morgan fingerprint density at radius 2 is 2.07 bits per heavy atom. The number of amides is 1. The second-order valence-corrected chi connectivity index (χ2v) is 4.40. The Morgan fingerprint density at radius 1 is 1.27 bits per heavy atom. The molecule has 3 heteroatoms. The minimum Gasteiger partial charge on any atom is -0.325 e. The molecule has 0 unspecified atom stereocenters. The average molecular weight is 202 g/mol. The Morgan fingerprint density at radius 3 is 2.93 bits per heavy atom. The zero-order valence-corrected chi connectivity index (χ0v) is 8.71. The molecule has 2 aliphatic rings. The van der Waals surface area contributed by atoms with Crippen LogP contribution in [0.3, 0.4) is 0 Å². The van der Waals surface area contributed by atoms with E-state index in [1.807, 2.05) is 13.0 Å². The van der Waals surface area contributed by atoms with E-state index in [2.05, 4.69) is 22.8 Å². The van der Waals surface area contributed by atoms with Gasteiger partial charge in [-0.1, -0.05) is 18.2 Å². The molecule has 15 heavy (non-hydrogen) atoms. The quantitative estimate of drug-likeness (QED) is 0.664. The lowest BCUT2D eigenvalue weighted by atomic mass is 9.83. The predicted octanol–water partition coefficient (Wildman–Crippen LogP) is 1.25. The van der Waals surface area contributed by atoms with Crippen LogP contribution in [0.4, 0.5) is 5.69 Å². The maximum atomic E-state index is 11.8. The summed E-state index contributed by atoms with van der Waals surface area (Å²) < 4.78 is 0. The van der Waals surface area contributed by atoms with Crippen LogP contribution < -0.4 is 10.6 Å². The summed E-state index contributed by atoms with van der Waals surface area (Å²) in [4.78, 5) is 11.8. The maximum Gasteiger partial charge on any atom is 0.229 e. The normalized spacial score (nSPS) is 28.2. The van der Waals surface area contributed by atoms with Crippen molar-refractivity contribution in [3.8, 4) is 0 Å². The van der Waals surface area contributed by atoms with Crippen molar-refractivity contribution in [2.75, 3.05) is 18.4 Å². The summed E-state index contributed by atoms with van der Waals surface area (Å²) in [5.41, 5.74) is 3.49. The van der Waals surface area contributed by atoms with Crippen LogP contribution >= 0.6 is 0 Å². The van der Waals surface area contributed by atoms with E-state index < -0.39 is 0 Å². The first-order chi connectivity index (χ1) is 7.27. The van der Waals surface area contributed by atoms with E-state index in [4.69, 9.17) is 0 Å². The number of carbonyl (C=O) groups excluding carboxylic acids is 1. The minimum absolute atomic E-state index is 0.124. The Balaban J connectivity index is 2.15. The highest BCUT2D eigenvalue weighted by molar-refractivity contribution is 5.97. The second kappa shape index (κ2) is 3.07. The van der Waals surface area contributed by atoms with E-state index in [1.165, 1.54) is 5.56 Å². The van der Waals surface area contributed by atoms with Gasteiger partial charge in [0.2, 0.25) is 5.91 Å². The average Bonchev–Trinajstić information content (AvgIpc) is 2.69. The lowest BCUT2D eigenvalue weighted by Gasteiger charge is -2.28. The highest BCUT2D eigenvalue weighted by Crippen LogP contribution is 2.39. The van der Waals surface area contributed by atoms with Crippen LogP contribution in [0.15, 0.2) is 18.2 Å². The Labute approximate surface area is 88.9 Å². The second-order valence-electron chi connectivity index (χ2n) is 4.40. The van der Waals surface area contributed by atoms with E-state index in [0.29, 0.717) is 5.92 Å². The predicted molar refractivity (Wildman–Crippen MR) is 58.9 cm³/mol. The minimum atomic E-state index is 0.124. The summed E-state index contributed by atoms with van der Waals surface area (Å²) in [6.07, 6.45) is 0. The molecule has 0 saturated carbocycles. The highest BCUT2D eigenvalue weighted by Gasteiger charge is 2.39. The molecule has 0 aliphatic carbocycles. The first kappa shape index (κ1) is 8.92. The molecule has 1 saturated heterocycles. The SMILES string of the molecule is Cc1cccc2c1NC(=O)[C@@H]1CNC[C@H]21. The Bertz CT molecular complexity index is 428. The number of hydrogen-bond donors (Lipinski definition) is 2. The zero-order chi connectivity index (χ0) is 10.4. The van der Waals surface area contributed by atoms with Crippen LogP contribution in [0.2, 0.25) is 0 Å². The summed E-state index contributed by atoms with van der Waals surface area (Å²) in [6.45, 7) is 3.78. The summed E-state index contributed by atoms with van der Waals surface area (Å²) in [6, 6.07) is 6.25. The van der Waals surface area contributed by atoms with Crippen molar-refractivity contribution < 1.29 is 4.79 Å². The van der Waals surface area contributed by atoms with E-state index in [-0.39, 0.29) is 11.8 Å². The topological polar surface area (TPSA) is 41.1 Å². The molecular weight excluding hydrogens is 188 g/mol. The van der Waals surface area contributed by atoms with Crippen LogP contribution in [0.5, 0.6) is 0 Å². The molecular formula is C12H14N2O. The van der Waals surface area contributed by atoms with Gasteiger partial charge in [-0.05, 0) is 18.1 Å². The summed E-state index contributed by atoms with van der Waals surface area (Å²) in [7, 11) is 0. The first-order valence-corrected chi connectivity index (χ1v) is 5.38. The smallest absolute Gasteiger partial charge is 0.229 e. The Hall–Kier alpha value is -1.35. The van der Waals surface area contributed by atoms with Crippen LogP contribution in [-0.4, -0.2) is 19.0 Å². The van der Waals surface area contributed by atoms with E-state index in [9.17, 15) is 4.79 Å². The van der Waals surface area contributed by atoms with Gasteiger partial charge in [0.1, 0.15) is 0 Å². The molecule has 1 aromatic rings. The molecule has 2 N–H and O–H groups in total. The van der Waals surface area contributed by atoms with Gasteiger partial charge in [0, 0.05) is 24.7 Å². The number of aryl methyl sites for hydroxylation is 1. The number of benzene rings is 1. The molecule has 1 amide bonds. The molecule has 0 radical (unpaired) electrons. The third-order valence-corrected chi connectivity index (χ3v) is 3.50. The molecule has 2 atom stereocenters. The summed E-state index contributed by atoms with van der Waals surface area (Å²) >= 11 is 0. The number of carbonyl (C=O) groups is 1. The zero-order valence-electron chi connectivity index (χ0n) is 8.71. The van der Waals surface area contributed by atoms with Gasteiger partial charge in [0.25, 0.3) is 0 Å². The van der Waals surface area contributed by atoms with E-state index in [0.717, 1.165) is 24.3 Å². The van der Waals surface area contributed by atoms with E-state index in [1.54, 1.807) is 0 Å². The van der Waals surface area contributed by atoms with Crippen LogP contribution in [-0.2, 0) is 4.79 Å². The number of para-hydroxylation sites is 1. The molecule has 2 aliphatic heterocycles. The van der Waals surface area contributed by atoms with Gasteiger partial charge < -0.3 is 10.6 Å². The van der Waals surface area contributed by atoms with Gasteiger partial charge in [0.15, 0.2) is 0 Å². The van der Waals surface area contributed by atoms with Gasteiger partial charge in [-0.3, -0.25) is 4.79 Å². The molecule has 0 spiro atoms. The molecule has 2 heterocycles. The monoisotopic (exact) mass is 202 g/mol. The fourth-order valence-electron chi connectivity index (χ4n) is 2.67. The fourth-order valence-corrected chi connectivity index (χ4v) is 2.67. The molecule has 3 nitrogen and oxygen atoms in total. The van der Waals surface area contributed by atoms with Crippen molar-refractivity contribution in [2.24, 2.45) is 5.92 Å². The van der Waals surface area contributed by atoms with Crippen molar-refractivity contribution in [1.29, 1.82) is 0 Å². The van der Waals surface area contributed by atoms with Crippen molar-refractivity contribution in [3.63, 3.8) is 0 Å². The summed E-state index contributed by atoms with van der Waals surface area (Å²) in [5, 5.41) is 6.31. The van der Waals surface area contributed by atoms with Gasteiger partial charge in [-0.25, -0.2) is 0 Å².